The maximum Gasteiger partial charge on any atom is 0.222 e. The molecule has 0 saturated carbocycles. The number of likely N-dealkylation sites (tertiary alicyclic amines) is 1. The first-order valence-corrected chi connectivity index (χ1v) is 9.93. The lowest BCUT2D eigenvalue weighted by atomic mass is 9.94. The SMILES string of the molecule is O=C1CCCCN1CC1CCN(c2ccnc3cc(Br)cnc23)CC1. The molecule has 2 aromatic rings. The standard InChI is InChI=1S/C19H23BrN4O/c20-15-11-16-19(22-12-15)17(4-7-21-16)23-9-5-14(6-10-23)13-24-8-2-1-3-18(24)25/h4,7,11-12,14H,1-3,5-6,8-10,13H2. The largest absolute Gasteiger partial charge is 0.370 e. The second-order valence-corrected chi connectivity index (χ2v) is 7.99. The molecule has 2 saturated heterocycles. The van der Waals surface area contributed by atoms with Crippen molar-refractivity contribution in [2.75, 3.05) is 31.1 Å². The van der Waals surface area contributed by atoms with E-state index in [4.69, 9.17) is 0 Å². The van der Waals surface area contributed by atoms with Crippen molar-refractivity contribution in [2.24, 2.45) is 5.92 Å². The number of halogens is 1. The number of hydrogen-bond acceptors (Lipinski definition) is 4. The van der Waals surface area contributed by atoms with E-state index in [0.717, 1.165) is 73.8 Å². The Kier molecular flexibility index (Phi) is 4.88. The van der Waals surface area contributed by atoms with Gasteiger partial charge < -0.3 is 9.80 Å². The molecule has 0 unspecified atom stereocenters. The molecule has 2 aromatic heterocycles. The zero-order chi connectivity index (χ0) is 17.2. The fraction of sp³-hybridized carbons (Fsp3) is 0.526. The maximum atomic E-state index is 12.0. The third-order valence-electron chi connectivity index (χ3n) is 5.38. The molecular weight excluding hydrogens is 380 g/mol. The van der Waals surface area contributed by atoms with Crippen molar-refractivity contribution in [1.29, 1.82) is 0 Å². The van der Waals surface area contributed by atoms with Gasteiger partial charge in [-0.15, -0.1) is 0 Å². The van der Waals surface area contributed by atoms with E-state index >= 15 is 0 Å². The molecule has 0 N–H and O–H groups in total. The van der Waals surface area contributed by atoms with E-state index in [9.17, 15) is 4.79 Å². The van der Waals surface area contributed by atoms with E-state index < -0.39 is 0 Å². The first-order valence-electron chi connectivity index (χ1n) is 9.14. The highest BCUT2D eigenvalue weighted by Gasteiger charge is 2.26. The average Bonchev–Trinajstić information content (AvgIpc) is 2.63. The highest BCUT2D eigenvalue weighted by molar-refractivity contribution is 9.10. The van der Waals surface area contributed by atoms with E-state index in [2.05, 4.69) is 41.8 Å². The predicted octanol–water partition coefficient (Wildman–Crippen LogP) is 3.62. The maximum absolute atomic E-state index is 12.0. The van der Waals surface area contributed by atoms with Crippen LogP contribution in [0, 0.1) is 5.92 Å². The number of fused-ring (bicyclic) bond motifs is 1. The Morgan fingerprint density at radius 2 is 2.00 bits per heavy atom. The van der Waals surface area contributed by atoms with Crippen LogP contribution in [-0.2, 0) is 4.79 Å². The predicted molar refractivity (Wildman–Crippen MR) is 103 cm³/mol. The first-order chi connectivity index (χ1) is 12.2. The molecule has 5 nitrogen and oxygen atoms in total. The smallest absolute Gasteiger partial charge is 0.222 e. The lowest BCUT2D eigenvalue weighted by molar-refractivity contribution is -0.134. The third-order valence-corrected chi connectivity index (χ3v) is 5.81. The summed E-state index contributed by atoms with van der Waals surface area (Å²) in [5.74, 6) is 0.970. The van der Waals surface area contributed by atoms with Crippen molar-refractivity contribution in [3.05, 3.63) is 29.0 Å². The molecule has 4 heterocycles. The first kappa shape index (κ1) is 16.8. The van der Waals surface area contributed by atoms with Gasteiger partial charge >= 0.3 is 0 Å². The number of carbonyl (C=O) groups is 1. The second-order valence-electron chi connectivity index (χ2n) is 7.08. The van der Waals surface area contributed by atoms with Crippen LogP contribution < -0.4 is 4.90 Å². The number of hydrogen-bond donors (Lipinski definition) is 0. The van der Waals surface area contributed by atoms with Crippen LogP contribution in [0.3, 0.4) is 0 Å². The van der Waals surface area contributed by atoms with E-state index in [1.54, 1.807) is 0 Å². The molecule has 132 valence electrons. The van der Waals surface area contributed by atoms with Crippen LogP contribution in [0.15, 0.2) is 29.0 Å². The summed E-state index contributed by atoms with van der Waals surface area (Å²) in [6.45, 7) is 3.93. The fourth-order valence-electron chi connectivity index (χ4n) is 3.97. The molecule has 0 spiro atoms. The van der Waals surface area contributed by atoms with E-state index in [1.807, 2.05) is 18.5 Å². The Morgan fingerprint density at radius 1 is 1.16 bits per heavy atom. The number of rotatable bonds is 3. The van der Waals surface area contributed by atoms with Crippen LogP contribution in [0.1, 0.15) is 32.1 Å². The number of piperidine rings is 2. The van der Waals surface area contributed by atoms with Crippen molar-refractivity contribution in [1.82, 2.24) is 14.9 Å². The van der Waals surface area contributed by atoms with Crippen molar-refractivity contribution < 1.29 is 4.79 Å². The van der Waals surface area contributed by atoms with Gasteiger partial charge in [-0.05, 0) is 59.7 Å². The van der Waals surface area contributed by atoms with Crippen LogP contribution >= 0.6 is 15.9 Å². The van der Waals surface area contributed by atoms with Gasteiger partial charge in [-0.25, -0.2) is 0 Å². The molecule has 6 heteroatoms. The van der Waals surface area contributed by atoms with Gasteiger partial charge in [-0.2, -0.15) is 0 Å². The Bertz CT molecular complexity index is 773. The number of amides is 1. The van der Waals surface area contributed by atoms with Crippen LogP contribution in [0.2, 0.25) is 0 Å². The molecule has 0 radical (unpaired) electrons. The summed E-state index contributed by atoms with van der Waals surface area (Å²) in [5, 5.41) is 0. The number of pyridine rings is 2. The topological polar surface area (TPSA) is 49.3 Å². The van der Waals surface area contributed by atoms with E-state index in [1.165, 1.54) is 5.69 Å². The van der Waals surface area contributed by atoms with Crippen molar-refractivity contribution in [2.45, 2.75) is 32.1 Å². The Morgan fingerprint density at radius 3 is 2.80 bits per heavy atom. The van der Waals surface area contributed by atoms with Crippen molar-refractivity contribution in [3.63, 3.8) is 0 Å². The quantitative estimate of drug-likeness (QED) is 0.786. The molecule has 2 fully saturated rings. The van der Waals surface area contributed by atoms with Crippen LogP contribution in [0.25, 0.3) is 11.0 Å². The van der Waals surface area contributed by atoms with Gasteiger partial charge in [-0.1, -0.05) is 0 Å². The van der Waals surface area contributed by atoms with Crippen LogP contribution in [0.4, 0.5) is 5.69 Å². The van der Waals surface area contributed by atoms with Gasteiger partial charge in [0.05, 0.1) is 11.2 Å². The summed E-state index contributed by atoms with van der Waals surface area (Å²) in [6, 6.07) is 4.08. The zero-order valence-electron chi connectivity index (χ0n) is 14.3. The van der Waals surface area contributed by atoms with Gasteiger partial charge in [0.1, 0.15) is 5.52 Å². The molecule has 4 rings (SSSR count). The van der Waals surface area contributed by atoms with Gasteiger partial charge in [0.15, 0.2) is 0 Å². The molecular formula is C19H23BrN4O. The lowest BCUT2D eigenvalue weighted by Crippen LogP contribution is -2.42. The Hall–Kier alpha value is -1.69. The number of aromatic nitrogens is 2. The minimum Gasteiger partial charge on any atom is -0.370 e. The van der Waals surface area contributed by atoms with Gasteiger partial charge in [-0.3, -0.25) is 14.8 Å². The van der Waals surface area contributed by atoms with Gasteiger partial charge in [0.25, 0.3) is 0 Å². The van der Waals surface area contributed by atoms with Gasteiger partial charge in [0, 0.05) is 49.5 Å². The van der Waals surface area contributed by atoms with Crippen molar-refractivity contribution >= 4 is 38.6 Å². The summed E-state index contributed by atoms with van der Waals surface area (Å²) >= 11 is 3.46. The molecule has 0 atom stereocenters. The summed E-state index contributed by atoms with van der Waals surface area (Å²) in [7, 11) is 0. The molecule has 0 aliphatic carbocycles. The minimum atomic E-state index is 0.351. The molecule has 2 aliphatic heterocycles. The monoisotopic (exact) mass is 402 g/mol. The Labute approximate surface area is 156 Å². The molecule has 0 aromatic carbocycles. The molecule has 0 bridgehead atoms. The normalized spacial score (nSPS) is 19.6. The highest BCUT2D eigenvalue weighted by atomic mass is 79.9. The average molecular weight is 403 g/mol. The highest BCUT2D eigenvalue weighted by Crippen LogP contribution is 2.29. The summed E-state index contributed by atoms with van der Waals surface area (Å²) in [4.78, 5) is 25.5. The zero-order valence-corrected chi connectivity index (χ0v) is 15.9. The van der Waals surface area contributed by atoms with E-state index in [0.29, 0.717) is 11.8 Å². The number of nitrogens with zero attached hydrogens (tertiary/aromatic N) is 4. The number of anilines is 1. The summed E-state index contributed by atoms with van der Waals surface area (Å²) < 4.78 is 0.953. The minimum absolute atomic E-state index is 0.351. The van der Waals surface area contributed by atoms with Crippen LogP contribution in [0.5, 0.6) is 0 Å². The Balaban J connectivity index is 1.43. The van der Waals surface area contributed by atoms with E-state index in [-0.39, 0.29) is 0 Å². The van der Waals surface area contributed by atoms with Gasteiger partial charge in [0.2, 0.25) is 5.91 Å². The fourth-order valence-corrected chi connectivity index (χ4v) is 4.29. The summed E-state index contributed by atoms with van der Waals surface area (Å²) in [6.07, 6.45) is 8.92. The molecule has 25 heavy (non-hydrogen) atoms. The van der Waals surface area contributed by atoms with Crippen molar-refractivity contribution in [3.8, 4) is 0 Å². The second kappa shape index (κ2) is 7.28. The van der Waals surface area contributed by atoms with Crippen LogP contribution in [-0.4, -0.2) is 47.0 Å². The summed E-state index contributed by atoms with van der Waals surface area (Å²) in [5.41, 5.74) is 3.06. The lowest BCUT2D eigenvalue weighted by Gasteiger charge is -2.37. The number of carbonyl (C=O) groups excluding carboxylic acids is 1. The molecule has 1 amide bonds. The third kappa shape index (κ3) is 3.64. The molecule has 2 aliphatic rings.